The van der Waals surface area contributed by atoms with Gasteiger partial charge in [-0.15, -0.1) is 0 Å². The van der Waals surface area contributed by atoms with Crippen molar-refractivity contribution in [2.24, 2.45) is 0 Å². The van der Waals surface area contributed by atoms with Crippen molar-refractivity contribution < 1.29 is 9.90 Å². The van der Waals surface area contributed by atoms with Crippen LogP contribution in [-0.4, -0.2) is 27.3 Å². The molecule has 0 aliphatic heterocycles. The Labute approximate surface area is 166 Å². The van der Waals surface area contributed by atoms with Crippen LogP contribution in [0.4, 0.5) is 4.79 Å². The van der Waals surface area contributed by atoms with E-state index in [2.05, 4.69) is 69.5 Å². The zero-order valence-corrected chi connectivity index (χ0v) is 16.2. The second-order valence-corrected chi connectivity index (χ2v) is 6.90. The predicted molar refractivity (Wildman–Crippen MR) is 112 cm³/mol. The Morgan fingerprint density at radius 3 is 2.21 bits per heavy atom. The van der Waals surface area contributed by atoms with Crippen LogP contribution in [0.5, 0.6) is 0 Å². The second kappa shape index (κ2) is 9.74. The summed E-state index contributed by atoms with van der Waals surface area (Å²) in [4.78, 5) is 13.9. The molecule has 0 spiro atoms. The van der Waals surface area contributed by atoms with Crippen molar-refractivity contribution in [2.45, 2.75) is 38.6 Å². The third-order valence-corrected chi connectivity index (χ3v) is 5.00. The summed E-state index contributed by atoms with van der Waals surface area (Å²) < 4.78 is 2.37. The predicted octanol–water partition coefficient (Wildman–Crippen LogP) is 5.61. The molecule has 4 rings (SSSR count). The minimum Gasteiger partial charge on any atom is -0.465 e. The zero-order chi connectivity index (χ0) is 19.8. The van der Waals surface area contributed by atoms with Gasteiger partial charge in [-0.3, -0.25) is 0 Å². The lowest BCUT2D eigenvalue weighted by Gasteiger charge is -2.15. The highest BCUT2D eigenvalue weighted by molar-refractivity contribution is 5.68. The number of nitrogens with zero attached hydrogens (tertiary/aromatic N) is 2. The van der Waals surface area contributed by atoms with Crippen molar-refractivity contribution in [2.75, 3.05) is 6.54 Å². The van der Waals surface area contributed by atoms with E-state index in [1.54, 1.807) is 6.92 Å². The van der Waals surface area contributed by atoms with E-state index in [9.17, 15) is 4.79 Å². The van der Waals surface area contributed by atoms with Gasteiger partial charge >= 0.3 is 6.09 Å². The van der Waals surface area contributed by atoms with Gasteiger partial charge < -0.3 is 15.0 Å². The molecule has 0 saturated heterocycles. The molecule has 0 bridgehead atoms. The molecular weight excluding hydrogens is 350 g/mol. The molecule has 3 aromatic rings. The molecule has 1 heterocycles. The molecule has 2 N–H and O–H groups in total. The Morgan fingerprint density at radius 2 is 1.64 bits per heavy atom. The molecule has 5 heteroatoms. The number of nitrogens with one attached hydrogen (secondary N) is 1. The number of carbonyl (C=O) groups is 1. The van der Waals surface area contributed by atoms with Gasteiger partial charge in [-0.05, 0) is 36.5 Å². The van der Waals surface area contributed by atoms with Crippen molar-refractivity contribution in [1.29, 1.82) is 0 Å². The average molecular weight is 377 g/mol. The van der Waals surface area contributed by atoms with Crippen LogP contribution in [0, 0.1) is 0 Å². The quantitative estimate of drug-likeness (QED) is 0.621. The Morgan fingerprint density at radius 1 is 1.04 bits per heavy atom. The van der Waals surface area contributed by atoms with Gasteiger partial charge in [-0.25, -0.2) is 9.78 Å². The first-order chi connectivity index (χ1) is 13.7. The van der Waals surface area contributed by atoms with E-state index in [1.165, 1.54) is 48.1 Å². The highest BCUT2D eigenvalue weighted by Gasteiger charge is 2.19. The summed E-state index contributed by atoms with van der Waals surface area (Å²) in [7, 11) is 0. The van der Waals surface area contributed by atoms with Crippen LogP contribution in [0.3, 0.4) is 0 Å². The maximum absolute atomic E-state index is 9.49. The van der Waals surface area contributed by atoms with E-state index in [0.717, 1.165) is 0 Å². The molecule has 1 fully saturated rings. The van der Waals surface area contributed by atoms with Crippen LogP contribution < -0.4 is 5.32 Å². The van der Waals surface area contributed by atoms with Crippen LogP contribution in [0.25, 0.3) is 22.4 Å². The number of hydrogen-bond donors (Lipinski definition) is 2. The minimum atomic E-state index is -0.961. The Hall–Kier alpha value is -3.08. The molecule has 1 aromatic heterocycles. The van der Waals surface area contributed by atoms with Gasteiger partial charge in [0.2, 0.25) is 0 Å². The average Bonchev–Trinajstić information content (AvgIpc) is 3.41. The molecular formula is C23H27N3O2. The lowest BCUT2D eigenvalue weighted by Crippen LogP contribution is -2.19. The summed E-state index contributed by atoms with van der Waals surface area (Å²) in [6.45, 7) is 2.21. The van der Waals surface area contributed by atoms with Crippen LogP contribution in [-0.2, 0) is 0 Å². The number of hydrogen-bond acceptors (Lipinski definition) is 2. The van der Waals surface area contributed by atoms with Gasteiger partial charge in [0.1, 0.15) is 0 Å². The molecule has 0 atom stereocenters. The molecule has 1 amide bonds. The molecule has 1 saturated carbocycles. The smallest absolute Gasteiger partial charge is 0.404 e. The van der Waals surface area contributed by atoms with E-state index in [-0.39, 0.29) is 0 Å². The standard InChI is InChI=1S/C20H20N2.C3H7NO2/c1-2-6-16(7-3-1)17-10-12-18(13-11-17)20-14-21-15-22(20)19-8-4-5-9-19;1-2-4-3(5)6/h1-3,6-7,10-15,19H,4-5,8-9H2;4H,2H2,1H3,(H,5,6). The van der Waals surface area contributed by atoms with Crippen molar-refractivity contribution in [1.82, 2.24) is 14.9 Å². The number of imidazole rings is 1. The number of aromatic nitrogens is 2. The molecule has 146 valence electrons. The molecule has 0 radical (unpaired) electrons. The highest BCUT2D eigenvalue weighted by atomic mass is 16.4. The summed E-state index contributed by atoms with van der Waals surface area (Å²) in [5.74, 6) is 0. The molecule has 1 aliphatic carbocycles. The second-order valence-electron chi connectivity index (χ2n) is 6.90. The molecule has 0 unspecified atom stereocenters. The van der Waals surface area contributed by atoms with Crippen molar-refractivity contribution in [3.63, 3.8) is 0 Å². The van der Waals surface area contributed by atoms with Crippen LogP contribution >= 0.6 is 0 Å². The van der Waals surface area contributed by atoms with Crippen molar-refractivity contribution in [3.05, 3.63) is 67.1 Å². The molecule has 2 aromatic carbocycles. The summed E-state index contributed by atoms with van der Waals surface area (Å²) in [6, 6.07) is 20.0. The lowest BCUT2D eigenvalue weighted by molar-refractivity contribution is 0.195. The Bertz CT molecular complexity index is 866. The van der Waals surface area contributed by atoms with Gasteiger partial charge in [0.05, 0.1) is 18.2 Å². The zero-order valence-electron chi connectivity index (χ0n) is 16.2. The van der Waals surface area contributed by atoms with E-state index in [1.807, 2.05) is 12.5 Å². The first-order valence-electron chi connectivity index (χ1n) is 9.83. The fourth-order valence-corrected chi connectivity index (χ4v) is 3.62. The molecule has 28 heavy (non-hydrogen) atoms. The van der Waals surface area contributed by atoms with E-state index in [0.29, 0.717) is 12.6 Å². The summed E-state index contributed by atoms with van der Waals surface area (Å²) in [5.41, 5.74) is 5.02. The van der Waals surface area contributed by atoms with E-state index in [4.69, 9.17) is 5.11 Å². The highest BCUT2D eigenvalue weighted by Crippen LogP contribution is 2.33. The molecule has 5 nitrogen and oxygen atoms in total. The third-order valence-electron chi connectivity index (χ3n) is 5.00. The summed E-state index contributed by atoms with van der Waals surface area (Å²) in [6.07, 6.45) is 8.28. The topological polar surface area (TPSA) is 67.2 Å². The maximum atomic E-state index is 9.49. The first-order valence-corrected chi connectivity index (χ1v) is 9.83. The molecule has 1 aliphatic rings. The van der Waals surface area contributed by atoms with Crippen LogP contribution in [0.2, 0.25) is 0 Å². The van der Waals surface area contributed by atoms with Crippen molar-refractivity contribution in [3.8, 4) is 22.4 Å². The number of amides is 1. The van der Waals surface area contributed by atoms with E-state index >= 15 is 0 Å². The lowest BCUT2D eigenvalue weighted by atomic mass is 10.0. The third kappa shape index (κ3) is 5.00. The SMILES string of the molecule is CCNC(=O)O.c1ccc(-c2ccc(-c3cncn3C3CCCC3)cc2)cc1. The van der Waals surface area contributed by atoms with Gasteiger partial charge in [-0.2, -0.15) is 0 Å². The van der Waals surface area contributed by atoms with Gasteiger partial charge in [0.15, 0.2) is 0 Å². The number of carboxylic acid groups (broad SMARTS) is 1. The van der Waals surface area contributed by atoms with Crippen molar-refractivity contribution >= 4 is 6.09 Å². The Balaban J connectivity index is 0.000000330. The fraction of sp³-hybridized carbons (Fsp3) is 0.304. The Kier molecular flexibility index (Phi) is 6.84. The monoisotopic (exact) mass is 377 g/mol. The fourth-order valence-electron chi connectivity index (χ4n) is 3.62. The van der Waals surface area contributed by atoms with Gasteiger partial charge in [0.25, 0.3) is 0 Å². The number of rotatable bonds is 4. The van der Waals surface area contributed by atoms with E-state index < -0.39 is 6.09 Å². The number of benzene rings is 2. The summed E-state index contributed by atoms with van der Waals surface area (Å²) >= 11 is 0. The van der Waals surface area contributed by atoms with Crippen LogP contribution in [0.1, 0.15) is 38.6 Å². The minimum absolute atomic E-state index is 0.481. The first kappa shape index (κ1) is 19.7. The largest absolute Gasteiger partial charge is 0.465 e. The normalized spacial score (nSPS) is 13.6. The van der Waals surface area contributed by atoms with Gasteiger partial charge in [-0.1, -0.05) is 67.4 Å². The van der Waals surface area contributed by atoms with Crippen LogP contribution in [0.15, 0.2) is 67.1 Å². The summed E-state index contributed by atoms with van der Waals surface area (Å²) in [5, 5.41) is 9.93. The maximum Gasteiger partial charge on any atom is 0.404 e. The van der Waals surface area contributed by atoms with Gasteiger partial charge in [0, 0.05) is 12.6 Å².